The molecule has 1 amide bonds. The second kappa shape index (κ2) is 13.6. The van der Waals surface area contributed by atoms with Crippen molar-refractivity contribution in [1.82, 2.24) is 20.4 Å². The normalized spacial score (nSPS) is 18.9. The Hall–Kier alpha value is -0.650. The van der Waals surface area contributed by atoms with Crippen LogP contribution in [0.4, 0.5) is 0 Å². The first kappa shape index (κ1) is 25.4. The van der Waals surface area contributed by atoms with Crippen LogP contribution >= 0.6 is 24.0 Å². The SMILES string of the molecule is COCCC1(CNC(=NCC(=O)N(C)C)NCCCN2CCOCC2)CC1.I. The van der Waals surface area contributed by atoms with Crippen molar-refractivity contribution in [2.24, 2.45) is 10.4 Å². The Morgan fingerprint density at radius 1 is 1.25 bits per heavy atom. The number of nitrogens with one attached hydrogen (secondary N) is 2. The van der Waals surface area contributed by atoms with Crippen molar-refractivity contribution < 1.29 is 14.3 Å². The zero-order valence-corrected chi connectivity index (χ0v) is 20.0. The van der Waals surface area contributed by atoms with E-state index in [9.17, 15) is 4.79 Å². The Bertz CT molecular complexity index is 480. The van der Waals surface area contributed by atoms with E-state index in [1.165, 1.54) is 12.8 Å². The molecule has 0 aromatic rings. The molecule has 2 aliphatic rings. The molecular formula is C19H38IN5O3. The highest BCUT2D eigenvalue weighted by molar-refractivity contribution is 14.0. The molecule has 2 N–H and O–H groups in total. The summed E-state index contributed by atoms with van der Waals surface area (Å²) in [6.07, 6.45) is 4.56. The van der Waals surface area contributed by atoms with Gasteiger partial charge in [-0.2, -0.15) is 0 Å². The summed E-state index contributed by atoms with van der Waals surface area (Å²) >= 11 is 0. The number of ether oxygens (including phenoxy) is 2. The minimum atomic E-state index is 0. The molecule has 0 unspecified atom stereocenters. The summed E-state index contributed by atoms with van der Waals surface area (Å²) in [4.78, 5) is 20.3. The summed E-state index contributed by atoms with van der Waals surface area (Å²) in [5.41, 5.74) is 0.331. The molecule has 28 heavy (non-hydrogen) atoms. The maximum Gasteiger partial charge on any atom is 0.243 e. The summed E-state index contributed by atoms with van der Waals surface area (Å²) in [7, 11) is 5.26. The highest BCUT2D eigenvalue weighted by atomic mass is 127. The fourth-order valence-corrected chi connectivity index (χ4v) is 3.08. The first-order valence-electron chi connectivity index (χ1n) is 10.1. The molecule has 1 saturated heterocycles. The van der Waals surface area contributed by atoms with Gasteiger partial charge in [0.05, 0.1) is 13.2 Å². The number of likely N-dealkylation sites (N-methyl/N-ethyl adjacent to an activating group) is 1. The number of rotatable bonds is 11. The molecule has 0 aromatic heterocycles. The fourth-order valence-electron chi connectivity index (χ4n) is 3.08. The Morgan fingerprint density at radius 3 is 2.57 bits per heavy atom. The summed E-state index contributed by atoms with van der Waals surface area (Å²) in [6.45, 7) is 7.41. The fraction of sp³-hybridized carbons (Fsp3) is 0.895. The van der Waals surface area contributed by atoms with Crippen LogP contribution in [0.25, 0.3) is 0 Å². The second-order valence-corrected chi connectivity index (χ2v) is 7.78. The Labute approximate surface area is 186 Å². The largest absolute Gasteiger partial charge is 0.385 e. The molecule has 8 nitrogen and oxygen atoms in total. The van der Waals surface area contributed by atoms with Crippen molar-refractivity contribution in [2.75, 3.05) is 80.3 Å². The lowest BCUT2D eigenvalue weighted by Crippen LogP contribution is -2.43. The van der Waals surface area contributed by atoms with Crippen LogP contribution in [0.5, 0.6) is 0 Å². The summed E-state index contributed by atoms with van der Waals surface area (Å²) in [6, 6.07) is 0. The molecule has 1 saturated carbocycles. The first-order chi connectivity index (χ1) is 13.0. The van der Waals surface area contributed by atoms with Crippen LogP contribution in [-0.2, 0) is 14.3 Å². The molecule has 9 heteroatoms. The van der Waals surface area contributed by atoms with Gasteiger partial charge in [0.1, 0.15) is 6.54 Å². The van der Waals surface area contributed by atoms with Gasteiger partial charge in [-0.1, -0.05) is 0 Å². The van der Waals surface area contributed by atoms with Gasteiger partial charge in [0.2, 0.25) is 5.91 Å². The number of morpholine rings is 1. The average molecular weight is 511 g/mol. The van der Waals surface area contributed by atoms with Crippen molar-refractivity contribution >= 4 is 35.8 Å². The van der Waals surface area contributed by atoms with Crippen LogP contribution in [0.1, 0.15) is 25.7 Å². The predicted molar refractivity (Wildman–Crippen MR) is 122 cm³/mol. The van der Waals surface area contributed by atoms with Crippen molar-refractivity contribution in [3.8, 4) is 0 Å². The number of nitrogens with zero attached hydrogens (tertiary/aromatic N) is 3. The van der Waals surface area contributed by atoms with Crippen molar-refractivity contribution in [3.63, 3.8) is 0 Å². The zero-order valence-electron chi connectivity index (χ0n) is 17.7. The number of guanidine groups is 1. The summed E-state index contributed by atoms with van der Waals surface area (Å²) in [5.74, 6) is 0.737. The Kier molecular flexibility index (Phi) is 12.3. The second-order valence-electron chi connectivity index (χ2n) is 7.78. The zero-order chi connectivity index (χ0) is 19.5. The number of amides is 1. The number of hydrogen-bond donors (Lipinski definition) is 2. The molecular weight excluding hydrogens is 473 g/mol. The van der Waals surface area contributed by atoms with Crippen LogP contribution in [0.2, 0.25) is 0 Å². The van der Waals surface area contributed by atoms with E-state index in [1.54, 1.807) is 26.1 Å². The molecule has 2 rings (SSSR count). The minimum Gasteiger partial charge on any atom is -0.385 e. The number of methoxy groups -OCH3 is 1. The lowest BCUT2D eigenvalue weighted by Gasteiger charge is -2.26. The molecule has 1 heterocycles. The molecule has 1 aliphatic carbocycles. The minimum absolute atomic E-state index is 0. The van der Waals surface area contributed by atoms with Crippen LogP contribution in [0.15, 0.2) is 4.99 Å². The van der Waals surface area contributed by atoms with Crippen molar-refractivity contribution in [1.29, 1.82) is 0 Å². The van der Waals surface area contributed by atoms with Crippen LogP contribution in [0, 0.1) is 5.41 Å². The van der Waals surface area contributed by atoms with Gasteiger partial charge in [0.15, 0.2) is 5.96 Å². The smallest absolute Gasteiger partial charge is 0.243 e. The van der Waals surface area contributed by atoms with Gasteiger partial charge in [0.25, 0.3) is 0 Å². The molecule has 0 spiro atoms. The van der Waals surface area contributed by atoms with E-state index in [2.05, 4.69) is 20.5 Å². The molecule has 0 atom stereocenters. The van der Waals surface area contributed by atoms with Gasteiger partial charge in [-0.3, -0.25) is 9.69 Å². The standard InChI is InChI=1S/C19H37N5O3.HI/c1-23(2)17(25)15-21-18(22-16-19(5-6-19)7-12-26-3)20-8-4-9-24-10-13-27-14-11-24;/h4-16H2,1-3H3,(H2,20,21,22);1H. The maximum absolute atomic E-state index is 11.9. The highest BCUT2D eigenvalue weighted by Crippen LogP contribution is 2.48. The third-order valence-corrected chi connectivity index (χ3v) is 5.34. The van der Waals surface area contributed by atoms with Crippen LogP contribution in [-0.4, -0.2) is 102 Å². The number of carbonyl (C=O) groups is 1. The average Bonchev–Trinajstić information content (AvgIpc) is 3.45. The van der Waals surface area contributed by atoms with Gasteiger partial charge in [-0.15, -0.1) is 24.0 Å². The Balaban J connectivity index is 0.00000392. The Morgan fingerprint density at radius 2 is 1.96 bits per heavy atom. The van der Waals surface area contributed by atoms with E-state index >= 15 is 0 Å². The van der Waals surface area contributed by atoms with E-state index in [1.807, 2.05) is 0 Å². The van der Waals surface area contributed by atoms with E-state index < -0.39 is 0 Å². The molecule has 1 aliphatic heterocycles. The lowest BCUT2D eigenvalue weighted by atomic mass is 10.0. The first-order valence-corrected chi connectivity index (χ1v) is 10.1. The van der Waals surface area contributed by atoms with Crippen LogP contribution in [0.3, 0.4) is 0 Å². The quantitative estimate of drug-likeness (QED) is 0.185. The van der Waals surface area contributed by atoms with Gasteiger partial charge in [-0.05, 0) is 37.6 Å². The van der Waals surface area contributed by atoms with E-state index in [4.69, 9.17) is 9.47 Å². The molecule has 164 valence electrons. The molecule has 0 aromatic carbocycles. The number of halogens is 1. The maximum atomic E-state index is 11.9. The predicted octanol–water partition coefficient (Wildman–Crippen LogP) is 0.767. The summed E-state index contributed by atoms with van der Waals surface area (Å²) < 4.78 is 10.6. The van der Waals surface area contributed by atoms with Gasteiger partial charge >= 0.3 is 0 Å². The number of hydrogen-bond acceptors (Lipinski definition) is 5. The molecule has 2 fully saturated rings. The monoisotopic (exact) mass is 511 g/mol. The van der Waals surface area contributed by atoms with Crippen LogP contribution < -0.4 is 10.6 Å². The van der Waals surface area contributed by atoms with Crippen molar-refractivity contribution in [2.45, 2.75) is 25.7 Å². The third-order valence-electron chi connectivity index (χ3n) is 5.34. The number of aliphatic imine (C=N–C) groups is 1. The van der Waals surface area contributed by atoms with E-state index in [-0.39, 0.29) is 36.4 Å². The van der Waals surface area contributed by atoms with E-state index in [0.717, 1.165) is 71.3 Å². The molecule has 0 radical (unpaired) electrons. The highest BCUT2D eigenvalue weighted by Gasteiger charge is 2.41. The van der Waals surface area contributed by atoms with Crippen molar-refractivity contribution in [3.05, 3.63) is 0 Å². The topological polar surface area (TPSA) is 78.4 Å². The third kappa shape index (κ3) is 9.71. The summed E-state index contributed by atoms with van der Waals surface area (Å²) in [5, 5.41) is 6.83. The van der Waals surface area contributed by atoms with Gasteiger partial charge in [0, 0.05) is 54.0 Å². The molecule has 0 bridgehead atoms. The van der Waals surface area contributed by atoms with Gasteiger partial charge < -0.3 is 25.0 Å². The lowest BCUT2D eigenvalue weighted by molar-refractivity contribution is -0.127. The number of carbonyl (C=O) groups excluding carboxylic acids is 1. The van der Waals surface area contributed by atoms with E-state index in [0.29, 0.717) is 5.41 Å². The van der Waals surface area contributed by atoms with Gasteiger partial charge in [-0.25, -0.2) is 4.99 Å².